The van der Waals surface area contributed by atoms with Crippen molar-refractivity contribution in [2.75, 3.05) is 12.8 Å². The third-order valence-corrected chi connectivity index (χ3v) is 4.56. The third-order valence-electron chi connectivity index (χ3n) is 2.41. The molecule has 1 aromatic heterocycles. The van der Waals surface area contributed by atoms with Gasteiger partial charge in [0.1, 0.15) is 6.33 Å². The highest BCUT2D eigenvalue weighted by Gasteiger charge is 2.30. The summed E-state index contributed by atoms with van der Waals surface area (Å²) in [7, 11) is -3.21. The second-order valence-corrected chi connectivity index (χ2v) is 6.81. The fourth-order valence-electron chi connectivity index (χ4n) is 0.890. The average Bonchev–Trinajstić information content (AvgIpc) is 2.65. The van der Waals surface area contributed by atoms with Gasteiger partial charge in [0, 0.05) is 25.2 Å². The molecule has 1 heterocycles. The van der Waals surface area contributed by atoms with E-state index in [-0.39, 0.29) is 6.54 Å². The maximum atomic E-state index is 11.5. The van der Waals surface area contributed by atoms with Crippen molar-refractivity contribution >= 4 is 15.9 Å². The molecule has 0 radical (unpaired) electrons. The quantitative estimate of drug-likeness (QED) is 0.828. The van der Waals surface area contributed by atoms with Crippen molar-refractivity contribution in [2.45, 2.75) is 18.6 Å². The van der Waals surface area contributed by atoms with Gasteiger partial charge in [-0.15, -0.1) is 0 Å². The van der Waals surface area contributed by atoms with Crippen LogP contribution >= 0.6 is 0 Å². The van der Waals surface area contributed by atoms with Crippen LogP contribution in [0.4, 0.5) is 4.79 Å². The Labute approximate surface area is 94.6 Å². The molecule has 6 nitrogen and oxygen atoms in total. The van der Waals surface area contributed by atoms with Crippen molar-refractivity contribution in [3.63, 3.8) is 0 Å². The lowest BCUT2D eigenvalue weighted by molar-refractivity contribution is 0.241. The molecule has 0 bridgehead atoms. The Morgan fingerprint density at radius 3 is 2.56 bits per heavy atom. The molecule has 0 unspecified atom stereocenters. The zero-order valence-electron chi connectivity index (χ0n) is 9.47. The lowest BCUT2D eigenvalue weighted by atomic mass is 10.2. The number of hydrogen-bond donors (Lipinski definition) is 1. The average molecular weight is 245 g/mol. The maximum absolute atomic E-state index is 11.5. The first-order valence-electron chi connectivity index (χ1n) is 4.70. The monoisotopic (exact) mass is 245 g/mol. The molecule has 16 heavy (non-hydrogen) atoms. The van der Waals surface area contributed by atoms with Crippen LogP contribution < -0.4 is 5.32 Å². The predicted octanol–water partition coefficient (Wildman–Crippen LogP) is 0.264. The van der Waals surface area contributed by atoms with Gasteiger partial charge in [-0.2, -0.15) is 0 Å². The second kappa shape index (κ2) is 4.25. The molecule has 90 valence electrons. The van der Waals surface area contributed by atoms with Gasteiger partial charge in [0.25, 0.3) is 0 Å². The van der Waals surface area contributed by atoms with Crippen molar-refractivity contribution in [3.8, 4) is 0 Å². The fraction of sp³-hybridized carbons (Fsp3) is 0.556. The lowest BCUT2D eigenvalue weighted by Gasteiger charge is -2.22. The smallest absolute Gasteiger partial charge is 0.326 e. The third kappa shape index (κ3) is 2.82. The largest absolute Gasteiger partial charge is 0.336 e. The summed E-state index contributed by atoms with van der Waals surface area (Å²) in [5, 5.41) is 2.54. The van der Waals surface area contributed by atoms with E-state index >= 15 is 0 Å². The van der Waals surface area contributed by atoms with Gasteiger partial charge < -0.3 is 5.32 Å². The Balaban J connectivity index is 2.63. The Morgan fingerprint density at radius 2 is 2.12 bits per heavy atom. The minimum atomic E-state index is -3.21. The summed E-state index contributed by atoms with van der Waals surface area (Å²) >= 11 is 0. The van der Waals surface area contributed by atoms with Gasteiger partial charge in [-0.3, -0.25) is 4.57 Å². The van der Waals surface area contributed by atoms with Crippen LogP contribution in [0.25, 0.3) is 0 Å². The second-order valence-electron chi connectivity index (χ2n) is 4.16. The van der Waals surface area contributed by atoms with E-state index in [1.165, 1.54) is 23.3 Å². The van der Waals surface area contributed by atoms with E-state index in [0.29, 0.717) is 0 Å². The normalized spacial score (nSPS) is 12.4. The molecule has 0 aliphatic heterocycles. The summed E-state index contributed by atoms with van der Waals surface area (Å²) in [6.45, 7) is 3.19. The first kappa shape index (κ1) is 12.7. The van der Waals surface area contributed by atoms with Crippen molar-refractivity contribution < 1.29 is 13.2 Å². The number of nitrogens with zero attached hydrogens (tertiary/aromatic N) is 2. The van der Waals surface area contributed by atoms with Gasteiger partial charge >= 0.3 is 6.03 Å². The lowest BCUT2D eigenvalue weighted by Crippen LogP contribution is -2.44. The first-order chi connectivity index (χ1) is 7.24. The molecule has 1 rings (SSSR count). The first-order valence-corrected chi connectivity index (χ1v) is 6.59. The molecule has 0 atom stereocenters. The zero-order valence-corrected chi connectivity index (χ0v) is 10.3. The Bertz CT molecular complexity index is 462. The van der Waals surface area contributed by atoms with Gasteiger partial charge in [0.05, 0.1) is 4.75 Å². The minimum Gasteiger partial charge on any atom is -0.336 e. The number of aromatic nitrogens is 2. The van der Waals surface area contributed by atoms with E-state index in [1.54, 1.807) is 13.8 Å². The molecule has 0 fully saturated rings. The summed E-state index contributed by atoms with van der Waals surface area (Å²) in [5.41, 5.74) is 0. The van der Waals surface area contributed by atoms with Crippen LogP contribution in [0.5, 0.6) is 0 Å². The minimum absolute atomic E-state index is 0.0584. The van der Waals surface area contributed by atoms with E-state index in [1.807, 2.05) is 0 Å². The number of sulfone groups is 1. The van der Waals surface area contributed by atoms with Crippen LogP contribution in [0.2, 0.25) is 0 Å². The molecule has 1 amide bonds. The predicted molar refractivity (Wildman–Crippen MR) is 59.9 cm³/mol. The summed E-state index contributed by atoms with van der Waals surface area (Å²) in [6, 6.07) is -0.394. The summed E-state index contributed by atoms with van der Waals surface area (Å²) < 4.78 is 23.0. The number of nitrogens with one attached hydrogen (secondary N) is 1. The van der Waals surface area contributed by atoms with Crippen molar-refractivity contribution in [3.05, 3.63) is 18.7 Å². The van der Waals surface area contributed by atoms with Gasteiger partial charge in [-0.25, -0.2) is 18.2 Å². The molecule has 0 spiro atoms. The highest BCUT2D eigenvalue weighted by Crippen LogP contribution is 2.13. The van der Waals surface area contributed by atoms with Gasteiger partial charge in [0.15, 0.2) is 9.84 Å². The van der Waals surface area contributed by atoms with Crippen LogP contribution in [0.15, 0.2) is 18.7 Å². The standard InChI is InChI=1S/C9H15N3O3S/c1-9(2,16(3,14)15)6-11-8(13)12-5-4-10-7-12/h4-5,7H,6H2,1-3H3,(H,11,13). The summed E-state index contributed by atoms with van der Waals surface area (Å²) in [5.74, 6) is 0. The number of carbonyl (C=O) groups excluding carboxylic acids is 1. The van der Waals surface area contributed by atoms with Gasteiger partial charge in [0.2, 0.25) is 0 Å². The molecule has 0 saturated heterocycles. The maximum Gasteiger partial charge on any atom is 0.326 e. The van der Waals surface area contributed by atoms with E-state index in [0.717, 1.165) is 6.26 Å². The number of hydrogen-bond acceptors (Lipinski definition) is 4. The van der Waals surface area contributed by atoms with Crippen LogP contribution in [-0.2, 0) is 9.84 Å². The van der Waals surface area contributed by atoms with Crippen LogP contribution in [-0.4, -0.2) is 41.5 Å². The Hall–Kier alpha value is -1.37. The molecule has 1 N–H and O–H groups in total. The number of rotatable bonds is 3. The molecule has 1 aromatic rings. The number of amides is 1. The van der Waals surface area contributed by atoms with Crippen LogP contribution in [0, 0.1) is 0 Å². The molecule has 0 aliphatic carbocycles. The summed E-state index contributed by atoms with van der Waals surface area (Å²) in [6.07, 6.45) is 5.46. The van der Waals surface area contributed by atoms with E-state index in [4.69, 9.17) is 0 Å². The van der Waals surface area contributed by atoms with Crippen molar-refractivity contribution in [2.24, 2.45) is 0 Å². The molecule has 0 aromatic carbocycles. The zero-order chi connectivity index (χ0) is 12.4. The van der Waals surface area contributed by atoms with E-state index in [2.05, 4.69) is 10.3 Å². The summed E-state index contributed by atoms with van der Waals surface area (Å²) in [4.78, 5) is 15.2. The van der Waals surface area contributed by atoms with Gasteiger partial charge in [-0.05, 0) is 13.8 Å². The highest BCUT2D eigenvalue weighted by molar-refractivity contribution is 7.92. The van der Waals surface area contributed by atoms with Crippen molar-refractivity contribution in [1.82, 2.24) is 14.9 Å². The highest BCUT2D eigenvalue weighted by atomic mass is 32.2. The molecule has 0 aliphatic rings. The number of imidazole rings is 1. The SMILES string of the molecule is CC(C)(CNC(=O)n1ccnc1)S(C)(=O)=O. The van der Waals surface area contributed by atoms with Crippen LogP contribution in [0.1, 0.15) is 13.8 Å². The number of carbonyl (C=O) groups is 1. The topological polar surface area (TPSA) is 81.1 Å². The fourth-order valence-corrected chi connectivity index (χ4v) is 1.22. The van der Waals surface area contributed by atoms with E-state index in [9.17, 15) is 13.2 Å². The molecule has 0 saturated carbocycles. The van der Waals surface area contributed by atoms with Gasteiger partial charge in [-0.1, -0.05) is 0 Å². The Morgan fingerprint density at radius 1 is 1.50 bits per heavy atom. The van der Waals surface area contributed by atoms with Crippen molar-refractivity contribution in [1.29, 1.82) is 0 Å². The Kier molecular flexibility index (Phi) is 3.37. The molecule has 7 heteroatoms. The molecular formula is C9H15N3O3S. The molecular weight excluding hydrogens is 230 g/mol. The van der Waals surface area contributed by atoms with E-state index < -0.39 is 20.6 Å². The van der Waals surface area contributed by atoms with Crippen LogP contribution in [0.3, 0.4) is 0 Å².